The molecule has 3 aliphatic carbocycles. The van der Waals surface area contributed by atoms with Gasteiger partial charge in [0, 0.05) is 18.0 Å². The van der Waals surface area contributed by atoms with Gasteiger partial charge >= 0.3 is 0 Å². The Balaban J connectivity index is 1.10. The van der Waals surface area contributed by atoms with Crippen molar-refractivity contribution < 1.29 is 28.2 Å². The summed E-state index contributed by atoms with van der Waals surface area (Å²) in [4.78, 5) is 37.4. The van der Waals surface area contributed by atoms with Gasteiger partial charge in [-0.3, -0.25) is 14.4 Å². The number of fused-ring (bicyclic) bond motifs is 1. The fourth-order valence-corrected chi connectivity index (χ4v) is 5.40. The van der Waals surface area contributed by atoms with Crippen LogP contribution in [-0.2, 0) is 9.59 Å². The number of carbonyl (C=O) groups excluding carboxylic acids is 3. The Morgan fingerprint density at radius 2 is 1.94 bits per heavy atom. The molecule has 32 heavy (non-hydrogen) atoms. The van der Waals surface area contributed by atoms with Gasteiger partial charge in [-0.25, -0.2) is 4.39 Å². The van der Waals surface area contributed by atoms with Crippen LogP contribution in [0.3, 0.4) is 0 Å². The van der Waals surface area contributed by atoms with Crippen molar-refractivity contribution in [3.8, 4) is 11.5 Å². The number of aryl methyl sites for hydroxylation is 1. The van der Waals surface area contributed by atoms with Gasteiger partial charge in [0.1, 0.15) is 17.3 Å². The largest absolute Gasteiger partial charge is 0.484 e. The van der Waals surface area contributed by atoms with E-state index in [0.717, 1.165) is 19.3 Å². The molecule has 0 spiro atoms. The molecule has 1 amide bonds. The molecule has 2 aromatic rings. The number of rotatable bonds is 7. The molecule has 2 bridgehead atoms. The summed E-state index contributed by atoms with van der Waals surface area (Å²) in [5.74, 6) is 0.0186. The van der Waals surface area contributed by atoms with Gasteiger partial charge in [0.2, 0.25) is 0 Å². The second-order valence-electron chi connectivity index (χ2n) is 9.43. The number of carbonyl (C=O) groups is 3. The Bertz CT molecular complexity index is 1110. The number of halogens is 1. The van der Waals surface area contributed by atoms with E-state index < -0.39 is 6.10 Å². The molecule has 2 aromatic carbocycles. The molecule has 0 unspecified atom stereocenters. The van der Waals surface area contributed by atoms with Crippen LogP contribution in [0, 0.1) is 18.2 Å². The zero-order chi connectivity index (χ0) is 22.5. The summed E-state index contributed by atoms with van der Waals surface area (Å²) in [5.41, 5.74) is 0.645. The van der Waals surface area contributed by atoms with Crippen LogP contribution in [0.2, 0.25) is 0 Å². The summed E-state index contributed by atoms with van der Waals surface area (Å²) in [6.45, 7) is 1.47. The highest BCUT2D eigenvalue weighted by molar-refractivity contribution is 6.03. The first-order chi connectivity index (χ1) is 15.3. The molecule has 1 aliphatic heterocycles. The van der Waals surface area contributed by atoms with Crippen LogP contribution >= 0.6 is 0 Å². The van der Waals surface area contributed by atoms with Gasteiger partial charge < -0.3 is 14.8 Å². The molecule has 4 aliphatic rings. The Hall–Kier alpha value is -3.22. The Morgan fingerprint density at radius 3 is 2.69 bits per heavy atom. The lowest BCUT2D eigenvalue weighted by Gasteiger charge is -2.70. The van der Waals surface area contributed by atoms with Gasteiger partial charge in [-0.2, -0.15) is 0 Å². The van der Waals surface area contributed by atoms with Crippen LogP contribution in [0.15, 0.2) is 42.5 Å². The van der Waals surface area contributed by atoms with E-state index in [2.05, 4.69) is 5.32 Å². The molecule has 166 valence electrons. The van der Waals surface area contributed by atoms with Crippen molar-refractivity contribution in [1.29, 1.82) is 0 Å². The lowest BCUT2D eigenvalue weighted by Crippen LogP contribution is -2.75. The van der Waals surface area contributed by atoms with Crippen molar-refractivity contribution in [2.75, 3.05) is 6.61 Å². The van der Waals surface area contributed by atoms with E-state index in [1.165, 1.54) is 6.07 Å². The summed E-state index contributed by atoms with van der Waals surface area (Å²) >= 11 is 0. The van der Waals surface area contributed by atoms with Crippen LogP contribution in [-0.4, -0.2) is 35.7 Å². The van der Waals surface area contributed by atoms with Gasteiger partial charge in [-0.05, 0) is 55.4 Å². The van der Waals surface area contributed by atoms with Gasteiger partial charge in [-0.15, -0.1) is 0 Å². The van der Waals surface area contributed by atoms with E-state index in [1.807, 2.05) is 0 Å². The number of amides is 1. The van der Waals surface area contributed by atoms with Crippen LogP contribution in [0.5, 0.6) is 11.5 Å². The highest BCUT2D eigenvalue weighted by Crippen LogP contribution is 2.69. The van der Waals surface area contributed by atoms with Crippen molar-refractivity contribution in [2.24, 2.45) is 5.41 Å². The first kappa shape index (κ1) is 20.7. The molecule has 0 aromatic heterocycles. The van der Waals surface area contributed by atoms with E-state index in [4.69, 9.17) is 9.47 Å². The molecule has 1 atom stereocenters. The molecule has 3 saturated carbocycles. The topological polar surface area (TPSA) is 81.7 Å². The quantitative estimate of drug-likeness (QED) is 0.717. The molecule has 1 N–H and O–H groups in total. The molecule has 0 saturated heterocycles. The third-order valence-electron chi connectivity index (χ3n) is 6.79. The summed E-state index contributed by atoms with van der Waals surface area (Å²) in [6, 6.07) is 11.5. The molecule has 6 nitrogen and oxygen atoms in total. The highest BCUT2D eigenvalue weighted by atomic mass is 19.1. The third kappa shape index (κ3) is 3.66. The fraction of sp³-hybridized carbons (Fsp3) is 0.400. The fourth-order valence-electron chi connectivity index (χ4n) is 5.40. The number of para-hydroxylation sites is 1. The lowest BCUT2D eigenvalue weighted by molar-refractivity contribution is -0.175. The first-order valence-electron chi connectivity index (χ1n) is 10.8. The van der Waals surface area contributed by atoms with Gasteiger partial charge in [0.15, 0.2) is 24.3 Å². The smallest absolute Gasteiger partial charge is 0.258 e. The molecular formula is C25H24FNO5. The Morgan fingerprint density at radius 1 is 1.19 bits per heavy atom. The highest BCUT2D eigenvalue weighted by Gasteiger charge is 2.68. The van der Waals surface area contributed by atoms with Crippen molar-refractivity contribution in [3.05, 3.63) is 59.4 Å². The predicted molar refractivity (Wildman–Crippen MR) is 113 cm³/mol. The zero-order valence-corrected chi connectivity index (χ0v) is 17.8. The number of ether oxygens (including phenoxy) is 2. The maximum atomic E-state index is 13.6. The van der Waals surface area contributed by atoms with Crippen molar-refractivity contribution >= 4 is 17.5 Å². The number of ketones is 2. The van der Waals surface area contributed by atoms with Crippen LogP contribution in [0.25, 0.3) is 0 Å². The van der Waals surface area contributed by atoms with E-state index in [-0.39, 0.29) is 47.3 Å². The van der Waals surface area contributed by atoms with Crippen LogP contribution in [0.4, 0.5) is 4.39 Å². The van der Waals surface area contributed by atoms with Crippen molar-refractivity contribution in [2.45, 2.75) is 50.7 Å². The SMILES string of the molecule is Cc1ccc(OCC(=O)NC23CC(CC(=O)[C@@H]4CC(=O)c5ccccc5O4)(C2)C3)cc1F. The Kier molecular flexibility index (Phi) is 4.80. The van der Waals surface area contributed by atoms with E-state index in [0.29, 0.717) is 29.0 Å². The maximum Gasteiger partial charge on any atom is 0.258 e. The predicted octanol–water partition coefficient (Wildman–Crippen LogP) is 3.55. The number of benzene rings is 2. The van der Waals surface area contributed by atoms with Crippen molar-refractivity contribution in [3.63, 3.8) is 0 Å². The molecule has 0 radical (unpaired) electrons. The molecule has 6 rings (SSSR count). The second kappa shape index (κ2) is 7.43. The molecule has 1 heterocycles. The lowest BCUT2D eigenvalue weighted by atomic mass is 9.38. The van der Waals surface area contributed by atoms with Gasteiger partial charge in [0.05, 0.1) is 12.0 Å². The average Bonchev–Trinajstić information content (AvgIpc) is 2.72. The minimum absolute atomic E-state index is 0.0581. The normalized spacial score (nSPS) is 27.3. The summed E-state index contributed by atoms with van der Waals surface area (Å²) in [6.07, 6.45) is 1.88. The standard InChI is InChI=1S/C25H24FNO5/c1-15-6-7-16(8-18(15)26)31-11-23(30)27-25-12-24(13-25,14-25)10-20(29)22-9-19(28)17-4-2-3-5-21(17)32-22/h2-8,22H,9-14H2,1H3,(H,27,30)/t22-,24?,25?/m0/s1. The minimum atomic E-state index is -0.736. The van der Waals surface area contributed by atoms with Crippen LogP contribution in [0.1, 0.15) is 48.0 Å². The molecule has 3 fully saturated rings. The molecule has 7 heteroatoms. The van der Waals surface area contributed by atoms with E-state index in [1.54, 1.807) is 43.3 Å². The summed E-state index contributed by atoms with van der Waals surface area (Å²) in [5, 5.41) is 3.00. The molecular weight excluding hydrogens is 413 g/mol. The maximum absolute atomic E-state index is 13.6. The number of hydrogen-bond acceptors (Lipinski definition) is 5. The van der Waals surface area contributed by atoms with Gasteiger partial charge in [-0.1, -0.05) is 18.2 Å². The van der Waals surface area contributed by atoms with Crippen molar-refractivity contribution in [1.82, 2.24) is 5.32 Å². The number of hydrogen-bond donors (Lipinski definition) is 1. The number of nitrogens with one attached hydrogen (secondary N) is 1. The average molecular weight is 437 g/mol. The Labute approximate surface area is 185 Å². The van der Waals surface area contributed by atoms with Gasteiger partial charge in [0.25, 0.3) is 5.91 Å². The first-order valence-corrected chi connectivity index (χ1v) is 10.8. The van der Waals surface area contributed by atoms with Crippen LogP contribution < -0.4 is 14.8 Å². The van der Waals surface area contributed by atoms with E-state index in [9.17, 15) is 18.8 Å². The third-order valence-corrected chi connectivity index (χ3v) is 6.79. The summed E-state index contributed by atoms with van der Waals surface area (Å²) in [7, 11) is 0. The number of Topliss-reactive ketones (excluding diaryl/α,β-unsaturated/α-hetero) is 2. The monoisotopic (exact) mass is 437 g/mol. The van der Waals surface area contributed by atoms with E-state index >= 15 is 0 Å². The summed E-state index contributed by atoms with van der Waals surface area (Å²) < 4.78 is 24.8. The zero-order valence-electron chi connectivity index (χ0n) is 17.8. The minimum Gasteiger partial charge on any atom is -0.484 e. The second-order valence-corrected chi connectivity index (χ2v) is 9.43.